The van der Waals surface area contributed by atoms with Gasteiger partial charge in [0, 0.05) is 44.2 Å². The van der Waals surface area contributed by atoms with Gasteiger partial charge in [0.25, 0.3) is 0 Å². The molecular formula is C26H28FN7O. The van der Waals surface area contributed by atoms with Crippen molar-refractivity contribution in [1.82, 2.24) is 19.9 Å². The SMILES string of the molecule is Cc1cc(F)cc2c1Cc1nc(Oc3cnc(N4CC(C)(C)C4)nc3)nc(N3CC4C(N)C4C3)c1-2. The first-order chi connectivity index (χ1) is 16.8. The lowest BCUT2D eigenvalue weighted by atomic mass is 9.85. The summed E-state index contributed by atoms with van der Waals surface area (Å²) in [6.07, 6.45) is 3.97. The van der Waals surface area contributed by atoms with Crippen molar-refractivity contribution in [3.63, 3.8) is 0 Å². The highest BCUT2D eigenvalue weighted by molar-refractivity contribution is 5.85. The lowest BCUT2D eigenvalue weighted by molar-refractivity contribution is 0.272. The molecule has 4 aliphatic rings. The van der Waals surface area contributed by atoms with Crippen molar-refractivity contribution in [2.75, 3.05) is 36.0 Å². The monoisotopic (exact) mass is 473 g/mol. The molecule has 8 nitrogen and oxygen atoms in total. The number of fused-ring (bicyclic) bond motifs is 4. The van der Waals surface area contributed by atoms with Crippen molar-refractivity contribution in [3.8, 4) is 22.9 Å². The smallest absolute Gasteiger partial charge is 0.324 e. The summed E-state index contributed by atoms with van der Waals surface area (Å²) < 4.78 is 20.4. The fourth-order valence-corrected chi connectivity index (χ4v) is 6.05. The number of hydrogen-bond acceptors (Lipinski definition) is 8. The Labute approximate surface area is 203 Å². The normalized spacial score (nSPS) is 25.1. The highest BCUT2D eigenvalue weighted by Gasteiger charge is 2.54. The molecule has 2 atom stereocenters. The van der Waals surface area contributed by atoms with Gasteiger partial charge in [0.05, 0.1) is 18.1 Å². The molecule has 3 fully saturated rings. The molecule has 2 aromatic heterocycles. The van der Waals surface area contributed by atoms with Crippen molar-refractivity contribution in [1.29, 1.82) is 0 Å². The van der Waals surface area contributed by atoms with Crippen LogP contribution in [0.4, 0.5) is 16.2 Å². The summed E-state index contributed by atoms with van der Waals surface area (Å²) in [5.74, 6) is 2.74. The fourth-order valence-electron chi connectivity index (χ4n) is 6.05. The van der Waals surface area contributed by atoms with E-state index >= 15 is 0 Å². The van der Waals surface area contributed by atoms with E-state index in [1.54, 1.807) is 24.5 Å². The number of ether oxygens (including phenoxy) is 1. The number of aromatic nitrogens is 4. The molecule has 4 heterocycles. The molecule has 7 rings (SSSR count). The molecular weight excluding hydrogens is 445 g/mol. The van der Waals surface area contributed by atoms with Gasteiger partial charge in [0.1, 0.15) is 11.6 Å². The van der Waals surface area contributed by atoms with Crippen LogP contribution >= 0.6 is 0 Å². The molecule has 35 heavy (non-hydrogen) atoms. The van der Waals surface area contributed by atoms with E-state index in [2.05, 4.69) is 33.6 Å². The van der Waals surface area contributed by atoms with Gasteiger partial charge in [0.15, 0.2) is 5.75 Å². The van der Waals surface area contributed by atoms with E-state index in [1.807, 2.05) is 6.92 Å². The van der Waals surface area contributed by atoms with E-state index in [9.17, 15) is 4.39 Å². The molecule has 2 aliphatic heterocycles. The second-order valence-corrected chi connectivity index (χ2v) is 11.2. The Morgan fingerprint density at radius 3 is 2.46 bits per heavy atom. The molecule has 2 saturated heterocycles. The van der Waals surface area contributed by atoms with Crippen LogP contribution in [0.2, 0.25) is 0 Å². The van der Waals surface area contributed by atoms with E-state index in [-0.39, 0.29) is 17.9 Å². The van der Waals surface area contributed by atoms with Gasteiger partial charge < -0.3 is 20.3 Å². The van der Waals surface area contributed by atoms with Gasteiger partial charge in [-0.25, -0.2) is 14.4 Å². The molecule has 3 aromatic rings. The summed E-state index contributed by atoms with van der Waals surface area (Å²) >= 11 is 0. The van der Waals surface area contributed by atoms with Gasteiger partial charge in [-0.05, 0) is 53.0 Å². The molecule has 1 saturated carbocycles. The van der Waals surface area contributed by atoms with Crippen LogP contribution in [-0.2, 0) is 6.42 Å². The van der Waals surface area contributed by atoms with E-state index in [1.165, 1.54) is 0 Å². The van der Waals surface area contributed by atoms with Crippen LogP contribution in [0.1, 0.15) is 30.7 Å². The molecule has 0 amide bonds. The van der Waals surface area contributed by atoms with Crippen molar-refractivity contribution < 1.29 is 9.13 Å². The molecule has 1 aromatic carbocycles. The van der Waals surface area contributed by atoms with Gasteiger partial charge in [-0.2, -0.15) is 9.97 Å². The zero-order valence-corrected chi connectivity index (χ0v) is 20.1. The maximum atomic E-state index is 14.4. The number of aryl methyl sites for hydroxylation is 1. The number of benzene rings is 1. The number of nitrogens with two attached hydrogens (primary N) is 1. The Morgan fingerprint density at radius 2 is 1.77 bits per heavy atom. The minimum absolute atomic E-state index is 0.241. The maximum absolute atomic E-state index is 14.4. The van der Waals surface area contributed by atoms with Crippen molar-refractivity contribution in [2.24, 2.45) is 23.0 Å². The number of piperidine rings is 1. The number of hydrogen-bond donors (Lipinski definition) is 1. The summed E-state index contributed by atoms with van der Waals surface area (Å²) in [6.45, 7) is 9.98. The molecule has 180 valence electrons. The summed E-state index contributed by atoms with van der Waals surface area (Å²) in [5.41, 5.74) is 11.2. The lowest BCUT2D eigenvalue weighted by Gasteiger charge is -2.45. The standard InChI is InChI=1S/C26H28FN7O/c1-13-4-14(27)5-17-16(13)6-20-21(17)23(33-9-18-19(10-33)22(18)28)32-25(31-20)35-15-7-29-24(30-8-15)34-11-26(2,3)12-34/h4-5,7-8,18-19,22H,6,9-12,28H2,1-3H3. The topological polar surface area (TPSA) is 93.3 Å². The summed E-state index contributed by atoms with van der Waals surface area (Å²) in [4.78, 5) is 22.9. The average Bonchev–Trinajstić information content (AvgIpc) is 3.15. The van der Waals surface area contributed by atoms with Crippen LogP contribution in [0, 0.1) is 30.0 Å². The molecule has 0 bridgehead atoms. The van der Waals surface area contributed by atoms with Crippen LogP contribution < -0.4 is 20.3 Å². The Kier molecular flexibility index (Phi) is 4.26. The number of anilines is 2. The molecule has 2 unspecified atom stereocenters. The third-order valence-electron chi connectivity index (χ3n) is 7.90. The Hall–Kier alpha value is -3.33. The van der Waals surface area contributed by atoms with Crippen LogP contribution in [-0.4, -0.2) is 52.2 Å². The zero-order chi connectivity index (χ0) is 24.1. The van der Waals surface area contributed by atoms with Crippen LogP contribution in [0.15, 0.2) is 24.5 Å². The molecule has 9 heteroatoms. The van der Waals surface area contributed by atoms with Crippen LogP contribution in [0.3, 0.4) is 0 Å². The molecule has 2 aliphatic carbocycles. The first kappa shape index (κ1) is 21.0. The molecule has 0 radical (unpaired) electrons. The first-order valence-corrected chi connectivity index (χ1v) is 12.2. The van der Waals surface area contributed by atoms with Gasteiger partial charge in [-0.3, -0.25) is 0 Å². The predicted molar refractivity (Wildman–Crippen MR) is 130 cm³/mol. The van der Waals surface area contributed by atoms with Gasteiger partial charge in [-0.1, -0.05) is 13.8 Å². The van der Waals surface area contributed by atoms with E-state index in [0.717, 1.165) is 59.9 Å². The molecule has 2 N–H and O–H groups in total. The average molecular weight is 474 g/mol. The van der Waals surface area contributed by atoms with E-state index in [4.69, 9.17) is 20.4 Å². The quantitative estimate of drug-likeness (QED) is 0.483. The lowest BCUT2D eigenvalue weighted by Crippen LogP contribution is -2.53. The maximum Gasteiger partial charge on any atom is 0.324 e. The number of rotatable bonds is 4. The predicted octanol–water partition coefficient (Wildman–Crippen LogP) is 3.32. The summed E-state index contributed by atoms with van der Waals surface area (Å²) in [5, 5.41) is 0. The highest BCUT2D eigenvalue weighted by Crippen LogP contribution is 2.49. The van der Waals surface area contributed by atoms with Crippen molar-refractivity contribution in [3.05, 3.63) is 47.2 Å². The largest absolute Gasteiger partial charge is 0.421 e. The minimum Gasteiger partial charge on any atom is -0.421 e. The second kappa shape index (κ2) is 7.10. The second-order valence-electron chi connectivity index (χ2n) is 11.2. The Morgan fingerprint density at radius 1 is 1.06 bits per heavy atom. The van der Waals surface area contributed by atoms with Crippen LogP contribution in [0.5, 0.6) is 11.8 Å². The van der Waals surface area contributed by atoms with E-state index in [0.29, 0.717) is 35.4 Å². The first-order valence-electron chi connectivity index (χ1n) is 12.2. The van der Waals surface area contributed by atoms with Gasteiger partial charge in [0.2, 0.25) is 5.95 Å². The third kappa shape index (κ3) is 3.36. The van der Waals surface area contributed by atoms with Crippen molar-refractivity contribution in [2.45, 2.75) is 33.2 Å². The Bertz CT molecular complexity index is 1340. The number of nitrogens with zero attached hydrogens (tertiary/aromatic N) is 6. The van der Waals surface area contributed by atoms with Gasteiger partial charge >= 0.3 is 6.01 Å². The van der Waals surface area contributed by atoms with Gasteiger partial charge in [-0.15, -0.1) is 0 Å². The molecule has 0 spiro atoms. The fraction of sp³-hybridized carbons (Fsp3) is 0.462. The summed E-state index contributed by atoms with van der Waals surface area (Å²) in [7, 11) is 0. The minimum atomic E-state index is -0.241. The van der Waals surface area contributed by atoms with Crippen LogP contribution in [0.25, 0.3) is 11.1 Å². The van der Waals surface area contributed by atoms with Crippen molar-refractivity contribution >= 4 is 11.8 Å². The highest BCUT2D eigenvalue weighted by atomic mass is 19.1. The summed E-state index contributed by atoms with van der Waals surface area (Å²) in [6, 6.07) is 3.72. The third-order valence-corrected chi connectivity index (χ3v) is 7.90. The Balaban J connectivity index is 1.22. The van der Waals surface area contributed by atoms with E-state index < -0.39 is 0 Å². The zero-order valence-electron chi connectivity index (χ0n) is 20.1. The number of halogens is 1.